The molecular weight excluding hydrogens is 1530 g/mol. The summed E-state index contributed by atoms with van der Waals surface area (Å²) in [4.78, 5) is 91.1. The Labute approximate surface area is 698 Å². The lowest BCUT2D eigenvalue weighted by Gasteiger charge is -2.30. The van der Waals surface area contributed by atoms with Crippen molar-refractivity contribution in [3.05, 3.63) is 223 Å². The van der Waals surface area contributed by atoms with E-state index in [4.69, 9.17) is 47.4 Å². The summed E-state index contributed by atoms with van der Waals surface area (Å²) in [7, 11) is 0. The zero-order valence-corrected chi connectivity index (χ0v) is 69.7. The average molecular weight is 1640 g/mol. The van der Waals surface area contributed by atoms with Crippen molar-refractivity contribution >= 4 is 92.7 Å². The van der Waals surface area contributed by atoms with Crippen molar-refractivity contribution in [2.45, 2.75) is 187 Å². The van der Waals surface area contributed by atoms with E-state index in [2.05, 4.69) is 109 Å². The molecule has 6 saturated heterocycles. The number of nitrogens with zero attached hydrogens (tertiary/aromatic N) is 8. The molecule has 4 aromatic heterocycles. The normalized spacial score (nSPS) is 17.8. The SMILES string of the molecule is CC(C)(C)OC(=O)N1C[C@@H]2C[C@H]1CN2.CCc1nc2c(cnn2CC)c(NC2CCOCC2)c1CNC(=O)c1cccc(C(=O)NCc2cc(Cl)cc(-c3cccc(C=O)c3)c2)c1.CCc1nc2c(cnn2CC)c(NC2CCOCC2)c1CNC(=O)c1cccc(C(=O)NCc2cc(Cl)cc(-c3cccc(CN4C[C@@H]5C[C@H]4CN5)c3)c2)c1. The number of hydrogen-bond acceptors (Lipinski definition) is 18. The van der Waals surface area contributed by atoms with E-state index in [0.29, 0.717) is 121 Å². The third kappa shape index (κ3) is 20.5. The Kier molecular flexibility index (Phi) is 27.3. The highest BCUT2D eigenvalue weighted by atomic mass is 35.5. The molecule has 118 heavy (non-hydrogen) atoms. The summed E-state index contributed by atoms with van der Waals surface area (Å²) in [5.74, 6) is -1.16. The molecule has 16 rings (SSSR count). The van der Waals surface area contributed by atoms with Crippen molar-refractivity contribution in [1.29, 1.82) is 0 Å². The number of aromatic nitrogens is 6. The molecule has 0 saturated carbocycles. The quantitative estimate of drug-likeness (QED) is 0.0247. The van der Waals surface area contributed by atoms with Gasteiger partial charge in [0.25, 0.3) is 23.6 Å². The Morgan fingerprint density at radius 3 is 1.39 bits per heavy atom. The number of anilines is 2. The van der Waals surface area contributed by atoms with Crippen LogP contribution >= 0.6 is 23.2 Å². The van der Waals surface area contributed by atoms with E-state index in [1.807, 2.05) is 90.8 Å². The number of pyridine rings is 2. The number of likely N-dealkylation sites (tertiary alicyclic amines) is 2. The van der Waals surface area contributed by atoms with E-state index in [-0.39, 0.29) is 67.0 Å². The Bertz CT molecular complexity index is 5300. The lowest BCUT2D eigenvalue weighted by atomic mass is 10.0. The summed E-state index contributed by atoms with van der Waals surface area (Å²) in [5.41, 5.74) is 15.7. The van der Waals surface area contributed by atoms with Crippen LogP contribution in [0.1, 0.15) is 178 Å². The van der Waals surface area contributed by atoms with Gasteiger partial charge in [-0.05, 0) is 210 Å². The molecule has 10 aromatic rings. The minimum atomic E-state index is -0.383. The molecule has 8 N–H and O–H groups in total. The lowest BCUT2D eigenvalue weighted by Crippen LogP contribution is -2.48. The van der Waals surface area contributed by atoms with Gasteiger partial charge in [0.2, 0.25) is 0 Å². The number of rotatable bonds is 25. The van der Waals surface area contributed by atoms with Gasteiger partial charge in [-0.3, -0.25) is 28.9 Å². The van der Waals surface area contributed by atoms with Crippen LogP contribution in [0.25, 0.3) is 44.3 Å². The maximum Gasteiger partial charge on any atom is 0.410 e. The van der Waals surface area contributed by atoms with Gasteiger partial charge in [0.15, 0.2) is 11.3 Å². The van der Waals surface area contributed by atoms with Gasteiger partial charge in [0.05, 0.1) is 34.5 Å². The van der Waals surface area contributed by atoms with E-state index >= 15 is 0 Å². The molecule has 4 bridgehead atoms. The van der Waals surface area contributed by atoms with Crippen molar-refractivity contribution in [2.75, 3.05) is 63.2 Å². The third-order valence-corrected chi connectivity index (χ3v) is 23.1. The number of benzene rings is 6. The Morgan fingerprint density at radius 1 is 0.525 bits per heavy atom. The summed E-state index contributed by atoms with van der Waals surface area (Å²) in [6.45, 7) is 24.1. The highest BCUT2D eigenvalue weighted by Crippen LogP contribution is 2.36. The van der Waals surface area contributed by atoms with E-state index in [9.17, 15) is 28.8 Å². The third-order valence-electron chi connectivity index (χ3n) is 22.7. The van der Waals surface area contributed by atoms with Crippen LogP contribution in [0, 0.1) is 0 Å². The molecule has 10 heterocycles. The minimum absolute atomic E-state index is 0.161. The number of fused-ring (bicyclic) bond motifs is 6. The van der Waals surface area contributed by atoms with Gasteiger partial charge < -0.3 is 61.6 Å². The summed E-state index contributed by atoms with van der Waals surface area (Å²) in [6.07, 6.45) is 11.6. The van der Waals surface area contributed by atoms with E-state index in [0.717, 1.165) is 160 Å². The number of carbonyl (C=O) groups excluding carboxylic acids is 6. The predicted octanol–water partition coefficient (Wildman–Crippen LogP) is 13.9. The van der Waals surface area contributed by atoms with E-state index in [1.165, 1.54) is 12.0 Å². The average Bonchev–Trinajstić information content (AvgIpc) is 1.62. The number of amides is 5. The Morgan fingerprint density at radius 2 is 0.966 bits per heavy atom. The lowest BCUT2D eigenvalue weighted by molar-refractivity contribution is 0.0204. The van der Waals surface area contributed by atoms with Crippen LogP contribution in [-0.2, 0) is 72.9 Å². The van der Waals surface area contributed by atoms with E-state index < -0.39 is 0 Å². The fourth-order valence-electron chi connectivity index (χ4n) is 16.6. The number of carbonyl (C=O) groups is 6. The van der Waals surface area contributed by atoms with Gasteiger partial charge in [-0.2, -0.15) is 10.2 Å². The number of nitrogens with one attached hydrogen (secondary N) is 8. The molecule has 0 spiro atoms. The first-order chi connectivity index (χ1) is 57.2. The van der Waals surface area contributed by atoms with Crippen LogP contribution in [0.2, 0.25) is 10.0 Å². The molecule has 6 aliphatic rings. The van der Waals surface area contributed by atoms with Crippen LogP contribution in [0.4, 0.5) is 16.2 Å². The highest BCUT2D eigenvalue weighted by molar-refractivity contribution is 6.31. The first-order valence-corrected chi connectivity index (χ1v) is 42.1. The Balaban J connectivity index is 0.000000167. The van der Waals surface area contributed by atoms with Crippen LogP contribution in [0.15, 0.2) is 146 Å². The second-order valence-electron chi connectivity index (χ2n) is 32.1. The van der Waals surface area contributed by atoms with Crippen molar-refractivity contribution in [2.24, 2.45) is 0 Å². The molecule has 0 aliphatic carbocycles. The summed E-state index contributed by atoms with van der Waals surface area (Å²) in [5, 5.41) is 38.7. The second kappa shape index (κ2) is 38.4. The molecule has 618 valence electrons. The maximum absolute atomic E-state index is 13.6. The van der Waals surface area contributed by atoms with Crippen LogP contribution < -0.4 is 42.5 Å². The van der Waals surface area contributed by atoms with Gasteiger partial charge in [-0.25, -0.2) is 24.1 Å². The molecule has 0 unspecified atom stereocenters. The molecule has 25 nitrogen and oxygen atoms in total. The van der Waals surface area contributed by atoms with Gasteiger partial charge in [0.1, 0.15) is 11.9 Å². The zero-order chi connectivity index (χ0) is 82.6. The van der Waals surface area contributed by atoms with Crippen molar-refractivity contribution in [1.82, 2.24) is 71.2 Å². The number of aryl methyl sites for hydroxylation is 4. The molecular formula is C91H106Cl2N16O9. The molecule has 6 fully saturated rings. The number of aldehydes is 1. The van der Waals surface area contributed by atoms with Crippen LogP contribution in [0.3, 0.4) is 0 Å². The van der Waals surface area contributed by atoms with E-state index in [1.54, 1.807) is 66.7 Å². The second-order valence-corrected chi connectivity index (χ2v) is 32.9. The number of hydrogen-bond donors (Lipinski definition) is 8. The fourth-order valence-corrected chi connectivity index (χ4v) is 17.1. The van der Waals surface area contributed by atoms with Gasteiger partial charge in [-0.1, -0.05) is 85.6 Å². The molecule has 4 atom stereocenters. The predicted molar refractivity (Wildman–Crippen MR) is 461 cm³/mol. The number of halogens is 2. The highest BCUT2D eigenvalue weighted by Gasteiger charge is 2.42. The van der Waals surface area contributed by atoms with Gasteiger partial charge >= 0.3 is 6.09 Å². The number of ether oxygens (including phenoxy) is 3. The maximum atomic E-state index is 13.6. The van der Waals surface area contributed by atoms with Gasteiger partial charge in [0, 0.05) is 195 Å². The summed E-state index contributed by atoms with van der Waals surface area (Å²) >= 11 is 13.0. The molecule has 27 heteroatoms. The van der Waals surface area contributed by atoms with Crippen LogP contribution in [-0.4, -0.2) is 170 Å². The topological polar surface area (TPSA) is 294 Å². The molecule has 6 aliphatic heterocycles. The molecule has 6 aromatic carbocycles. The first kappa shape index (κ1) is 83.8. The molecule has 0 radical (unpaired) electrons. The number of piperazine rings is 2. The fraction of sp³-hybridized carbons (Fsp3) is 0.407. The van der Waals surface area contributed by atoms with Crippen molar-refractivity contribution in [3.63, 3.8) is 0 Å². The first-order valence-electron chi connectivity index (χ1n) is 41.4. The standard InChI is InChI=1S/C43H49ClN8O3.C38H39ClN6O4.C10H18N2O2/c1-3-39-37(40(49-34-11-13-55-14-12-34)38-24-48-52(4-2)41(38)50-39)23-47-43(54)31-10-6-9-30(18-31)42(53)46-21-28-16-32(19-33(44)17-28)29-8-5-7-27(15-29)25-51-26-35-20-36(51)22-45-35;1-3-34-32(35(43-31-11-13-49-14-12-31)33-22-42-45(4-2)36(33)44-34)21-41-38(48)28-10-6-9-27(18-28)37(47)40-20-25-16-29(19-30(39)17-25)26-8-5-7-24(15-26)23-46;1-10(2,3)14-9(13)12-6-7-4-8(12)5-11-7/h5-10,15-19,24,34-36,45H,3-4,11-14,20-23,25-26H2,1-2H3,(H,46,53)(H,47,54)(H,49,50);5-10,15-19,22-23,31H,3-4,11-14,20-21H2,1-2H3,(H,40,47)(H,41,48)(H,43,44);7-8,11H,4-6H2,1-3H3/t35-,36-;;7-,8-/m0.0/s1. The largest absolute Gasteiger partial charge is 0.444 e. The smallest absolute Gasteiger partial charge is 0.410 e. The summed E-state index contributed by atoms with van der Waals surface area (Å²) in [6, 6.07) is 43.4. The minimum Gasteiger partial charge on any atom is -0.444 e. The van der Waals surface area contributed by atoms with Crippen molar-refractivity contribution < 1.29 is 43.0 Å². The Hall–Kier alpha value is -10.6. The van der Waals surface area contributed by atoms with Crippen molar-refractivity contribution in [3.8, 4) is 22.3 Å². The molecule has 5 amide bonds. The monoisotopic (exact) mass is 1640 g/mol. The summed E-state index contributed by atoms with van der Waals surface area (Å²) < 4.78 is 20.3. The van der Waals surface area contributed by atoms with Crippen LogP contribution in [0.5, 0.6) is 0 Å². The zero-order valence-electron chi connectivity index (χ0n) is 68.2. The van der Waals surface area contributed by atoms with Gasteiger partial charge in [-0.15, -0.1) is 0 Å².